The lowest BCUT2D eigenvalue weighted by atomic mass is 10.2. The number of hydrogen-bond acceptors (Lipinski definition) is 5. The summed E-state index contributed by atoms with van der Waals surface area (Å²) in [4.78, 5) is 40.7. The van der Waals surface area contributed by atoms with Gasteiger partial charge in [0.05, 0.1) is 4.88 Å². The van der Waals surface area contributed by atoms with Gasteiger partial charge in [-0.1, -0.05) is 6.07 Å². The third kappa shape index (κ3) is 6.33. The van der Waals surface area contributed by atoms with Crippen molar-refractivity contribution in [1.29, 1.82) is 0 Å². The first-order valence-electron chi connectivity index (χ1n) is 8.84. The van der Waals surface area contributed by atoms with Gasteiger partial charge in [0.1, 0.15) is 5.60 Å². The van der Waals surface area contributed by atoms with E-state index in [0.29, 0.717) is 26.2 Å². The maximum absolute atomic E-state index is 12.4. The number of nitrogens with one attached hydrogen (secondary N) is 1. The van der Waals surface area contributed by atoms with Gasteiger partial charge in [0.2, 0.25) is 5.91 Å². The number of carbonyl (C=O) groups is 3. The third-order valence-corrected chi connectivity index (χ3v) is 4.73. The summed E-state index contributed by atoms with van der Waals surface area (Å²) in [5.74, 6) is 0.00683. The Hall–Kier alpha value is -2.09. The average molecular weight is 381 g/mol. The summed E-state index contributed by atoms with van der Waals surface area (Å²) in [7, 11) is 0. The summed E-state index contributed by atoms with van der Waals surface area (Å²) in [6.07, 6.45) is 0.453. The number of ether oxygens (including phenoxy) is 1. The number of nitrogens with zero attached hydrogens (tertiary/aromatic N) is 2. The second-order valence-electron chi connectivity index (χ2n) is 7.18. The van der Waals surface area contributed by atoms with E-state index in [-0.39, 0.29) is 24.8 Å². The molecular weight excluding hydrogens is 354 g/mol. The maximum atomic E-state index is 12.4. The molecule has 1 aromatic rings. The maximum Gasteiger partial charge on any atom is 0.407 e. The molecule has 1 aromatic heterocycles. The van der Waals surface area contributed by atoms with Crippen LogP contribution in [0.2, 0.25) is 0 Å². The number of amides is 3. The first-order chi connectivity index (χ1) is 12.3. The molecule has 1 aliphatic rings. The lowest BCUT2D eigenvalue weighted by Gasteiger charge is -2.22. The van der Waals surface area contributed by atoms with Gasteiger partial charge in [-0.2, -0.15) is 0 Å². The Morgan fingerprint density at radius 3 is 2.50 bits per heavy atom. The molecule has 1 aliphatic heterocycles. The number of carbonyl (C=O) groups excluding carboxylic acids is 3. The fourth-order valence-corrected chi connectivity index (χ4v) is 3.36. The molecule has 26 heavy (non-hydrogen) atoms. The molecule has 0 aromatic carbocycles. The van der Waals surface area contributed by atoms with Gasteiger partial charge in [0, 0.05) is 39.1 Å². The first kappa shape index (κ1) is 20.2. The van der Waals surface area contributed by atoms with E-state index in [1.165, 1.54) is 11.3 Å². The highest BCUT2D eigenvalue weighted by Crippen LogP contribution is 2.14. The van der Waals surface area contributed by atoms with Gasteiger partial charge in [-0.25, -0.2) is 4.79 Å². The molecule has 1 saturated heterocycles. The van der Waals surface area contributed by atoms with E-state index in [0.717, 1.165) is 11.3 Å². The van der Waals surface area contributed by atoms with Crippen LogP contribution in [-0.2, 0) is 9.53 Å². The van der Waals surface area contributed by atoms with Crippen molar-refractivity contribution >= 4 is 29.2 Å². The molecule has 0 radical (unpaired) electrons. The third-order valence-electron chi connectivity index (χ3n) is 3.87. The molecule has 0 bridgehead atoms. The molecule has 3 amide bonds. The minimum absolute atomic E-state index is 0.0218. The zero-order valence-corrected chi connectivity index (χ0v) is 16.4. The highest BCUT2D eigenvalue weighted by atomic mass is 32.1. The fourth-order valence-electron chi connectivity index (χ4n) is 2.67. The average Bonchev–Trinajstić information content (AvgIpc) is 2.96. The van der Waals surface area contributed by atoms with Crippen molar-refractivity contribution in [1.82, 2.24) is 15.1 Å². The Kier molecular flexibility index (Phi) is 7.02. The predicted molar refractivity (Wildman–Crippen MR) is 100 cm³/mol. The number of alkyl carbamates (subject to hydrolysis) is 1. The van der Waals surface area contributed by atoms with E-state index in [2.05, 4.69) is 5.32 Å². The van der Waals surface area contributed by atoms with E-state index in [1.807, 2.05) is 17.5 Å². The summed E-state index contributed by atoms with van der Waals surface area (Å²) >= 11 is 1.43. The van der Waals surface area contributed by atoms with Crippen molar-refractivity contribution in [2.75, 3.05) is 32.7 Å². The molecule has 7 nitrogen and oxygen atoms in total. The SMILES string of the molecule is CC(C)(C)OC(=O)NCCC(=O)N1CCCN(C(=O)c2cccs2)CC1. The zero-order chi connectivity index (χ0) is 19.2. The minimum atomic E-state index is -0.558. The van der Waals surface area contributed by atoms with Crippen LogP contribution in [0.4, 0.5) is 4.79 Å². The molecule has 0 saturated carbocycles. The number of thiophene rings is 1. The van der Waals surface area contributed by atoms with Gasteiger partial charge >= 0.3 is 6.09 Å². The monoisotopic (exact) mass is 381 g/mol. The van der Waals surface area contributed by atoms with Crippen LogP contribution in [-0.4, -0.2) is 66.0 Å². The second kappa shape index (κ2) is 9.02. The van der Waals surface area contributed by atoms with E-state index in [9.17, 15) is 14.4 Å². The molecule has 144 valence electrons. The van der Waals surface area contributed by atoms with Crippen molar-refractivity contribution in [3.05, 3.63) is 22.4 Å². The fraction of sp³-hybridized carbons (Fsp3) is 0.611. The highest BCUT2D eigenvalue weighted by Gasteiger charge is 2.23. The molecule has 0 atom stereocenters. The largest absolute Gasteiger partial charge is 0.444 e. The van der Waals surface area contributed by atoms with Crippen LogP contribution in [0.3, 0.4) is 0 Å². The van der Waals surface area contributed by atoms with Crippen LogP contribution in [0.5, 0.6) is 0 Å². The first-order valence-corrected chi connectivity index (χ1v) is 9.71. The molecule has 2 rings (SSSR count). The topological polar surface area (TPSA) is 79.0 Å². The van der Waals surface area contributed by atoms with Gasteiger partial charge in [-0.05, 0) is 38.6 Å². The van der Waals surface area contributed by atoms with Gasteiger partial charge < -0.3 is 19.9 Å². The van der Waals surface area contributed by atoms with E-state index in [1.54, 1.807) is 30.6 Å². The molecular formula is C18H27N3O4S. The second-order valence-corrected chi connectivity index (χ2v) is 8.13. The Labute approximate surface area is 158 Å². The molecule has 0 aliphatic carbocycles. The van der Waals surface area contributed by atoms with E-state index < -0.39 is 11.7 Å². The van der Waals surface area contributed by atoms with Gasteiger partial charge in [-0.15, -0.1) is 11.3 Å². The normalized spacial score (nSPS) is 15.3. The molecule has 0 spiro atoms. The lowest BCUT2D eigenvalue weighted by Crippen LogP contribution is -2.39. The van der Waals surface area contributed by atoms with Crippen LogP contribution in [0.1, 0.15) is 43.3 Å². The van der Waals surface area contributed by atoms with Crippen LogP contribution in [0, 0.1) is 0 Å². The van der Waals surface area contributed by atoms with E-state index >= 15 is 0 Å². The summed E-state index contributed by atoms with van der Waals surface area (Å²) in [5, 5.41) is 4.49. The van der Waals surface area contributed by atoms with Crippen molar-refractivity contribution in [2.45, 2.75) is 39.2 Å². The molecule has 1 N–H and O–H groups in total. The van der Waals surface area contributed by atoms with Crippen molar-refractivity contribution in [2.24, 2.45) is 0 Å². The quantitative estimate of drug-likeness (QED) is 0.868. The highest BCUT2D eigenvalue weighted by molar-refractivity contribution is 7.12. The summed E-state index contributed by atoms with van der Waals surface area (Å²) in [5.41, 5.74) is -0.558. The molecule has 2 heterocycles. The Bertz CT molecular complexity index is 625. The van der Waals surface area contributed by atoms with Gasteiger partial charge in [-0.3, -0.25) is 9.59 Å². The van der Waals surface area contributed by atoms with Crippen LogP contribution >= 0.6 is 11.3 Å². The zero-order valence-electron chi connectivity index (χ0n) is 15.6. The smallest absolute Gasteiger partial charge is 0.407 e. The van der Waals surface area contributed by atoms with Gasteiger partial charge in [0.15, 0.2) is 0 Å². The van der Waals surface area contributed by atoms with Crippen molar-refractivity contribution in [3.8, 4) is 0 Å². The molecule has 0 unspecified atom stereocenters. The standard InChI is InChI=1S/C18H27N3O4S/c1-18(2,3)25-17(24)19-8-7-15(22)20-9-5-10-21(12-11-20)16(23)14-6-4-13-26-14/h4,6,13H,5,7-12H2,1-3H3,(H,19,24). The summed E-state index contributed by atoms with van der Waals surface area (Å²) in [6, 6.07) is 3.69. The summed E-state index contributed by atoms with van der Waals surface area (Å²) in [6.45, 7) is 7.93. The Balaban J connectivity index is 1.75. The van der Waals surface area contributed by atoms with Crippen LogP contribution in [0.25, 0.3) is 0 Å². The number of rotatable bonds is 4. The Morgan fingerprint density at radius 1 is 1.15 bits per heavy atom. The minimum Gasteiger partial charge on any atom is -0.444 e. The van der Waals surface area contributed by atoms with Crippen LogP contribution in [0.15, 0.2) is 17.5 Å². The molecule has 8 heteroatoms. The van der Waals surface area contributed by atoms with E-state index in [4.69, 9.17) is 4.74 Å². The molecule has 1 fully saturated rings. The van der Waals surface area contributed by atoms with Gasteiger partial charge in [0.25, 0.3) is 5.91 Å². The summed E-state index contributed by atoms with van der Waals surface area (Å²) < 4.78 is 5.14. The van der Waals surface area contributed by atoms with Crippen LogP contribution < -0.4 is 5.32 Å². The van der Waals surface area contributed by atoms with Crippen molar-refractivity contribution in [3.63, 3.8) is 0 Å². The lowest BCUT2D eigenvalue weighted by molar-refractivity contribution is -0.130. The Morgan fingerprint density at radius 2 is 1.85 bits per heavy atom. The van der Waals surface area contributed by atoms with Crippen molar-refractivity contribution < 1.29 is 19.1 Å². The predicted octanol–water partition coefficient (Wildman–Crippen LogP) is 2.34. The number of hydrogen-bond donors (Lipinski definition) is 1.